The van der Waals surface area contributed by atoms with Crippen LogP contribution in [0.2, 0.25) is 0 Å². The lowest BCUT2D eigenvalue weighted by molar-refractivity contribution is 0.553. The summed E-state index contributed by atoms with van der Waals surface area (Å²) in [6.45, 7) is 9.33. The number of hydrogen-bond acceptors (Lipinski definition) is 3. The number of pyridine rings is 1. The first-order valence-electron chi connectivity index (χ1n) is 7.03. The second kappa shape index (κ2) is 6.53. The van der Waals surface area contributed by atoms with Crippen molar-refractivity contribution in [3.63, 3.8) is 0 Å². The fourth-order valence-electron chi connectivity index (χ4n) is 2.20. The Bertz CT molecular complexity index is 535. The molecule has 1 aromatic heterocycles. The number of fused-ring (bicyclic) bond motifs is 1. The molecular formula is C16H23N3. The van der Waals surface area contributed by atoms with Gasteiger partial charge < -0.3 is 10.6 Å². The topological polar surface area (TPSA) is 37.0 Å². The summed E-state index contributed by atoms with van der Waals surface area (Å²) in [6, 6.07) is 8.46. The normalized spacial score (nSPS) is 11.2. The number of nitrogens with one attached hydrogen (secondary N) is 2. The standard InChI is InChI=1S/C16H23N3/c1-4-18-16-15-8-6-5-7-14(15)13(11-19-16)10-17-9-12(2)3/h5-8,11-12,17H,4,9-10H2,1-3H3,(H,18,19). The summed E-state index contributed by atoms with van der Waals surface area (Å²) in [4.78, 5) is 4.54. The molecule has 3 heteroatoms. The first-order chi connectivity index (χ1) is 9.22. The number of nitrogens with zero attached hydrogens (tertiary/aromatic N) is 1. The van der Waals surface area contributed by atoms with Crippen molar-refractivity contribution >= 4 is 16.6 Å². The van der Waals surface area contributed by atoms with Crippen molar-refractivity contribution in [1.29, 1.82) is 0 Å². The lowest BCUT2D eigenvalue weighted by Crippen LogP contribution is -2.19. The summed E-state index contributed by atoms with van der Waals surface area (Å²) in [6.07, 6.45) is 1.98. The summed E-state index contributed by atoms with van der Waals surface area (Å²) in [5.41, 5.74) is 1.26. The molecule has 0 atom stereocenters. The maximum atomic E-state index is 4.54. The Hall–Kier alpha value is -1.61. The second-order valence-electron chi connectivity index (χ2n) is 5.23. The fraction of sp³-hybridized carbons (Fsp3) is 0.438. The van der Waals surface area contributed by atoms with E-state index in [1.807, 2.05) is 6.20 Å². The number of anilines is 1. The van der Waals surface area contributed by atoms with Gasteiger partial charge in [-0.15, -0.1) is 0 Å². The second-order valence-corrected chi connectivity index (χ2v) is 5.23. The van der Waals surface area contributed by atoms with E-state index in [1.165, 1.54) is 16.3 Å². The smallest absolute Gasteiger partial charge is 0.133 e. The molecule has 0 saturated carbocycles. The van der Waals surface area contributed by atoms with E-state index in [4.69, 9.17) is 0 Å². The van der Waals surface area contributed by atoms with Crippen molar-refractivity contribution in [2.24, 2.45) is 5.92 Å². The van der Waals surface area contributed by atoms with Crippen LogP contribution in [0.25, 0.3) is 10.8 Å². The summed E-state index contributed by atoms with van der Waals surface area (Å²) >= 11 is 0. The minimum absolute atomic E-state index is 0.667. The van der Waals surface area contributed by atoms with Crippen molar-refractivity contribution in [1.82, 2.24) is 10.3 Å². The van der Waals surface area contributed by atoms with Crippen LogP contribution in [0, 0.1) is 5.92 Å². The largest absolute Gasteiger partial charge is 0.370 e. The van der Waals surface area contributed by atoms with Gasteiger partial charge in [-0.25, -0.2) is 4.98 Å². The molecule has 3 nitrogen and oxygen atoms in total. The van der Waals surface area contributed by atoms with Gasteiger partial charge in [0.05, 0.1) is 0 Å². The van der Waals surface area contributed by atoms with Gasteiger partial charge in [-0.2, -0.15) is 0 Å². The molecule has 2 aromatic rings. The lowest BCUT2D eigenvalue weighted by atomic mass is 10.1. The zero-order valence-corrected chi connectivity index (χ0v) is 12.0. The van der Waals surface area contributed by atoms with E-state index in [0.29, 0.717) is 5.92 Å². The van der Waals surface area contributed by atoms with Crippen LogP contribution in [0.4, 0.5) is 5.82 Å². The SMILES string of the molecule is CCNc1ncc(CNCC(C)C)c2ccccc12. The minimum atomic E-state index is 0.667. The zero-order chi connectivity index (χ0) is 13.7. The van der Waals surface area contributed by atoms with E-state index < -0.39 is 0 Å². The van der Waals surface area contributed by atoms with Gasteiger partial charge in [0.15, 0.2) is 0 Å². The maximum absolute atomic E-state index is 4.54. The third kappa shape index (κ3) is 3.44. The van der Waals surface area contributed by atoms with Crippen molar-refractivity contribution in [3.8, 4) is 0 Å². The van der Waals surface area contributed by atoms with Crippen molar-refractivity contribution in [2.45, 2.75) is 27.3 Å². The molecule has 1 heterocycles. The third-order valence-electron chi connectivity index (χ3n) is 3.09. The van der Waals surface area contributed by atoms with Gasteiger partial charge >= 0.3 is 0 Å². The maximum Gasteiger partial charge on any atom is 0.133 e. The molecule has 0 amide bonds. The van der Waals surface area contributed by atoms with Gasteiger partial charge in [0.1, 0.15) is 5.82 Å². The lowest BCUT2D eigenvalue weighted by Gasteiger charge is -2.12. The van der Waals surface area contributed by atoms with Gasteiger partial charge in [-0.05, 0) is 30.3 Å². The summed E-state index contributed by atoms with van der Waals surface area (Å²) in [7, 11) is 0. The highest BCUT2D eigenvalue weighted by Crippen LogP contribution is 2.24. The van der Waals surface area contributed by atoms with Gasteiger partial charge in [0.2, 0.25) is 0 Å². The Morgan fingerprint density at radius 3 is 2.58 bits per heavy atom. The van der Waals surface area contributed by atoms with Gasteiger partial charge in [0, 0.05) is 24.7 Å². The highest BCUT2D eigenvalue weighted by Gasteiger charge is 2.06. The molecule has 0 aliphatic rings. The monoisotopic (exact) mass is 257 g/mol. The Morgan fingerprint density at radius 2 is 1.89 bits per heavy atom. The van der Waals surface area contributed by atoms with Crippen LogP contribution in [-0.2, 0) is 6.54 Å². The summed E-state index contributed by atoms with van der Waals surface area (Å²) < 4.78 is 0. The van der Waals surface area contributed by atoms with Crippen LogP contribution < -0.4 is 10.6 Å². The molecule has 19 heavy (non-hydrogen) atoms. The quantitative estimate of drug-likeness (QED) is 0.832. The fourth-order valence-corrected chi connectivity index (χ4v) is 2.20. The van der Waals surface area contributed by atoms with Crippen LogP contribution in [0.5, 0.6) is 0 Å². The summed E-state index contributed by atoms with van der Waals surface area (Å²) in [5, 5.41) is 9.29. The van der Waals surface area contributed by atoms with Crippen molar-refractivity contribution in [3.05, 3.63) is 36.0 Å². The molecule has 0 fully saturated rings. The molecule has 0 aliphatic heterocycles. The number of benzene rings is 1. The van der Waals surface area contributed by atoms with E-state index in [9.17, 15) is 0 Å². The van der Waals surface area contributed by atoms with Crippen LogP contribution >= 0.6 is 0 Å². The van der Waals surface area contributed by atoms with Gasteiger partial charge in [-0.3, -0.25) is 0 Å². The van der Waals surface area contributed by atoms with E-state index in [1.54, 1.807) is 0 Å². The van der Waals surface area contributed by atoms with Crippen LogP contribution in [0.1, 0.15) is 26.3 Å². The predicted molar refractivity (Wildman–Crippen MR) is 82.5 cm³/mol. The Kier molecular flexibility index (Phi) is 4.74. The van der Waals surface area contributed by atoms with Crippen molar-refractivity contribution < 1.29 is 0 Å². The first-order valence-corrected chi connectivity index (χ1v) is 7.03. The molecule has 0 saturated heterocycles. The molecule has 2 rings (SSSR count). The van der Waals surface area contributed by atoms with Crippen molar-refractivity contribution in [2.75, 3.05) is 18.4 Å². The van der Waals surface area contributed by atoms with Crippen LogP contribution in [0.3, 0.4) is 0 Å². The molecule has 1 aromatic carbocycles. The van der Waals surface area contributed by atoms with Gasteiger partial charge in [-0.1, -0.05) is 38.1 Å². The number of aromatic nitrogens is 1. The van der Waals surface area contributed by atoms with E-state index in [0.717, 1.165) is 25.5 Å². The highest BCUT2D eigenvalue weighted by atomic mass is 15.0. The molecule has 102 valence electrons. The Morgan fingerprint density at radius 1 is 1.16 bits per heavy atom. The van der Waals surface area contributed by atoms with E-state index in [-0.39, 0.29) is 0 Å². The average molecular weight is 257 g/mol. The van der Waals surface area contributed by atoms with Crippen LogP contribution in [0.15, 0.2) is 30.5 Å². The van der Waals surface area contributed by atoms with E-state index >= 15 is 0 Å². The minimum Gasteiger partial charge on any atom is -0.370 e. The van der Waals surface area contributed by atoms with Crippen LogP contribution in [-0.4, -0.2) is 18.1 Å². The molecule has 2 N–H and O–H groups in total. The Labute approximate surface area is 115 Å². The molecule has 0 radical (unpaired) electrons. The first kappa shape index (κ1) is 13.8. The van der Waals surface area contributed by atoms with Gasteiger partial charge in [0.25, 0.3) is 0 Å². The third-order valence-corrected chi connectivity index (χ3v) is 3.09. The molecule has 0 spiro atoms. The van der Waals surface area contributed by atoms with E-state index in [2.05, 4.69) is 60.7 Å². The molecule has 0 bridgehead atoms. The number of rotatable bonds is 6. The molecule has 0 unspecified atom stereocenters. The summed E-state index contributed by atoms with van der Waals surface area (Å²) in [5.74, 6) is 1.64. The highest BCUT2D eigenvalue weighted by molar-refractivity contribution is 5.93. The zero-order valence-electron chi connectivity index (χ0n) is 12.0. The average Bonchev–Trinajstić information content (AvgIpc) is 2.41. The predicted octanol–water partition coefficient (Wildman–Crippen LogP) is 3.41. The Balaban J connectivity index is 2.27. The molecule has 0 aliphatic carbocycles. The number of hydrogen-bond donors (Lipinski definition) is 2. The molecular weight excluding hydrogens is 234 g/mol.